The Balaban J connectivity index is 1.71. The minimum absolute atomic E-state index is 0.261. The van der Waals surface area contributed by atoms with Crippen LogP contribution in [0, 0.1) is 6.92 Å². The number of para-hydroxylation sites is 1. The van der Waals surface area contributed by atoms with E-state index < -0.39 is 5.91 Å². The average Bonchev–Trinajstić information content (AvgIpc) is 3.04. The molecule has 0 atom stereocenters. The lowest BCUT2D eigenvalue weighted by molar-refractivity contribution is 0.0929. The van der Waals surface area contributed by atoms with Gasteiger partial charge >= 0.3 is 5.91 Å². The summed E-state index contributed by atoms with van der Waals surface area (Å²) < 4.78 is 17.0. The average molecular weight is 380 g/mol. The van der Waals surface area contributed by atoms with Gasteiger partial charge < -0.3 is 13.9 Å². The highest BCUT2D eigenvalue weighted by molar-refractivity contribution is 5.99. The Labute approximate surface area is 164 Å². The molecule has 0 saturated heterocycles. The summed E-state index contributed by atoms with van der Waals surface area (Å²) in [7, 11) is 0. The van der Waals surface area contributed by atoms with Crippen molar-refractivity contribution in [1.82, 2.24) is 5.43 Å². The molecule has 3 aromatic rings. The Kier molecular flexibility index (Phi) is 6.32. The summed E-state index contributed by atoms with van der Waals surface area (Å²) in [6.07, 6.45) is 2.48. The van der Waals surface area contributed by atoms with Gasteiger partial charge in [-0.2, -0.15) is 5.10 Å². The van der Waals surface area contributed by atoms with Gasteiger partial charge in [-0.3, -0.25) is 4.79 Å². The quantitative estimate of drug-likeness (QED) is 0.454. The molecule has 146 valence electrons. The highest BCUT2D eigenvalue weighted by Crippen LogP contribution is 2.28. The fourth-order valence-corrected chi connectivity index (χ4v) is 2.81. The molecule has 0 bridgehead atoms. The van der Waals surface area contributed by atoms with Crippen molar-refractivity contribution in [1.29, 1.82) is 0 Å². The standard InChI is InChI=1S/C22H24N2O4/c1-4-12-27-19-11-10-16(13-20(19)26-5-2)14-23-24-22(25)21-15(3)17-8-6-7-9-18(17)28-21/h6-11,13-14H,4-5,12H2,1-3H3,(H,24,25)/b23-14-. The zero-order valence-corrected chi connectivity index (χ0v) is 16.3. The van der Waals surface area contributed by atoms with Gasteiger partial charge in [-0.15, -0.1) is 0 Å². The number of ether oxygens (including phenoxy) is 2. The van der Waals surface area contributed by atoms with Crippen molar-refractivity contribution in [2.24, 2.45) is 5.10 Å². The maximum Gasteiger partial charge on any atom is 0.307 e. The van der Waals surface area contributed by atoms with E-state index in [0.717, 1.165) is 22.9 Å². The number of hydrogen-bond donors (Lipinski definition) is 1. The van der Waals surface area contributed by atoms with Crippen LogP contribution in [-0.2, 0) is 0 Å². The number of nitrogens with one attached hydrogen (secondary N) is 1. The molecule has 0 fully saturated rings. The van der Waals surface area contributed by atoms with Gasteiger partial charge in [-0.05, 0) is 50.1 Å². The summed E-state index contributed by atoms with van der Waals surface area (Å²) >= 11 is 0. The fraction of sp³-hybridized carbons (Fsp3) is 0.273. The fourth-order valence-electron chi connectivity index (χ4n) is 2.81. The SMILES string of the molecule is CCCOc1ccc(/C=N\NC(=O)c2oc3ccccc3c2C)cc1OCC. The summed E-state index contributed by atoms with van der Waals surface area (Å²) in [6, 6.07) is 13.1. The van der Waals surface area contributed by atoms with Crippen LogP contribution in [0.25, 0.3) is 11.0 Å². The van der Waals surface area contributed by atoms with Crippen LogP contribution in [0.4, 0.5) is 0 Å². The molecule has 0 spiro atoms. The number of nitrogens with zero attached hydrogens (tertiary/aromatic N) is 1. The molecule has 28 heavy (non-hydrogen) atoms. The van der Waals surface area contributed by atoms with Gasteiger partial charge in [0.2, 0.25) is 0 Å². The van der Waals surface area contributed by atoms with Gasteiger partial charge in [0, 0.05) is 10.9 Å². The van der Waals surface area contributed by atoms with Crippen LogP contribution in [0.2, 0.25) is 0 Å². The van der Waals surface area contributed by atoms with E-state index in [2.05, 4.69) is 10.5 Å². The molecule has 1 heterocycles. The van der Waals surface area contributed by atoms with Crippen molar-refractivity contribution < 1.29 is 18.7 Å². The minimum atomic E-state index is -0.391. The monoisotopic (exact) mass is 380 g/mol. The first-order valence-electron chi connectivity index (χ1n) is 9.35. The van der Waals surface area contributed by atoms with Crippen molar-refractivity contribution in [2.75, 3.05) is 13.2 Å². The number of amides is 1. The largest absolute Gasteiger partial charge is 0.490 e. The molecule has 2 aromatic carbocycles. The molecule has 0 unspecified atom stereocenters. The lowest BCUT2D eigenvalue weighted by Crippen LogP contribution is -2.17. The van der Waals surface area contributed by atoms with E-state index in [1.54, 1.807) is 6.21 Å². The normalized spacial score (nSPS) is 11.1. The molecule has 0 aliphatic rings. The van der Waals surface area contributed by atoms with Crippen LogP contribution in [0.5, 0.6) is 11.5 Å². The first-order chi connectivity index (χ1) is 13.6. The second-order valence-corrected chi connectivity index (χ2v) is 6.24. The minimum Gasteiger partial charge on any atom is -0.490 e. The third-order valence-electron chi connectivity index (χ3n) is 4.16. The van der Waals surface area contributed by atoms with Crippen LogP contribution in [-0.4, -0.2) is 25.3 Å². The van der Waals surface area contributed by atoms with Crippen molar-refractivity contribution in [2.45, 2.75) is 27.2 Å². The molecule has 0 aliphatic carbocycles. The highest BCUT2D eigenvalue weighted by Gasteiger charge is 2.16. The molecule has 3 rings (SSSR count). The Hall–Kier alpha value is -3.28. The molecular formula is C22H24N2O4. The number of carbonyl (C=O) groups excluding carboxylic acids is 1. The summed E-state index contributed by atoms with van der Waals surface area (Å²) in [5.74, 6) is 1.22. The van der Waals surface area contributed by atoms with Crippen LogP contribution < -0.4 is 14.9 Å². The van der Waals surface area contributed by atoms with E-state index >= 15 is 0 Å². The van der Waals surface area contributed by atoms with E-state index in [4.69, 9.17) is 13.9 Å². The Morgan fingerprint density at radius 1 is 1.14 bits per heavy atom. The van der Waals surface area contributed by atoms with E-state index in [9.17, 15) is 4.79 Å². The smallest absolute Gasteiger partial charge is 0.307 e. The second-order valence-electron chi connectivity index (χ2n) is 6.24. The van der Waals surface area contributed by atoms with Gasteiger partial charge in [-0.1, -0.05) is 25.1 Å². The van der Waals surface area contributed by atoms with Crippen molar-refractivity contribution in [3.05, 3.63) is 59.4 Å². The van der Waals surface area contributed by atoms with Gasteiger partial charge in [0.05, 0.1) is 19.4 Å². The predicted octanol–water partition coefficient (Wildman–Crippen LogP) is 4.69. The first kappa shape index (κ1) is 19.5. The van der Waals surface area contributed by atoms with E-state index in [1.807, 2.05) is 63.2 Å². The molecule has 0 radical (unpaired) electrons. The molecule has 0 aliphatic heterocycles. The number of hydrazone groups is 1. The summed E-state index contributed by atoms with van der Waals surface area (Å²) in [5, 5.41) is 4.96. The highest BCUT2D eigenvalue weighted by atomic mass is 16.5. The maximum absolute atomic E-state index is 12.4. The third kappa shape index (κ3) is 4.34. The molecule has 6 nitrogen and oxygen atoms in total. The van der Waals surface area contributed by atoms with Crippen LogP contribution in [0.15, 0.2) is 52.0 Å². The molecule has 1 N–H and O–H groups in total. The molecule has 1 aromatic heterocycles. The number of hydrogen-bond acceptors (Lipinski definition) is 5. The molecule has 1 amide bonds. The molecular weight excluding hydrogens is 356 g/mol. The van der Waals surface area contributed by atoms with Gasteiger partial charge in [0.25, 0.3) is 0 Å². The van der Waals surface area contributed by atoms with Crippen LogP contribution in [0.1, 0.15) is 41.9 Å². The second kappa shape index (κ2) is 9.08. The van der Waals surface area contributed by atoms with Gasteiger partial charge in [-0.25, -0.2) is 5.43 Å². The Morgan fingerprint density at radius 3 is 2.71 bits per heavy atom. The number of carbonyl (C=O) groups is 1. The summed E-state index contributed by atoms with van der Waals surface area (Å²) in [6.45, 7) is 6.98. The van der Waals surface area contributed by atoms with E-state index in [1.165, 1.54) is 0 Å². The van der Waals surface area contributed by atoms with Crippen LogP contribution >= 0.6 is 0 Å². The topological polar surface area (TPSA) is 73.1 Å². The Bertz CT molecular complexity index is 991. The number of aryl methyl sites for hydroxylation is 1. The van der Waals surface area contributed by atoms with Gasteiger partial charge in [0.15, 0.2) is 17.3 Å². The number of rotatable bonds is 8. The number of furan rings is 1. The Morgan fingerprint density at radius 2 is 1.96 bits per heavy atom. The number of fused-ring (bicyclic) bond motifs is 1. The van der Waals surface area contributed by atoms with Gasteiger partial charge in [0.1, 0.15) is 5.58 Å². The van der Waals surface area contributed by atoms with E-state index in [-0.39, 0.29) is 5.76 Å². The molecule has 6 heteroatoms. The first-order valence-corrected chi connectivity index (χ1v) is 9.35. The third-order valence-corrected chi connectivity index (χ3v) is 4.16. The van der Waals surface area contributed by atoms with Crippen LogP contribution in [0.3, 0.4) is 0 Å². The molecule has 0 saturated carbocycles. The number of benzene rings is 2. The van der Waals surface area contributed by atoms with E-state index in [0.29, 0.717) is 30.3 Å². The predicted molar refractivity (Wildman–Crippen MR) is 109 cm³/mol. The lowest BCUT2D eigenvalue weighted by atomic mass is 10.1. The summed E-state index contributed by atoms with van der Waals surface area (Å²) in [4.78, 5) is 12.4. The lowest BCUT2D eigenvalue weighted by Gasteiger charge is -2.11. The van der Waals surface area contributed by atoms with Crippen molar-refractivity contribution >= 4 is 23.1 Å². The van der Waals surface area contributed by atoms with Crippen molar-refractivity contribution in [3.8, 4) is 11.5 Å². The zero-order valence-electron chi connectivity index (χ0n) is 16.3. The van der Waals surface area contributed by atoms with Crippen molar-refractivity contribution in [3.63, 3.8) is 0 Å². The summed E-state index contributed by atoms with van der Waals surface area (Å²) in [5.41, 5.74) is 4.77. The zero-order chi connectivity index (χ0) is 19.9. The maximum atomic E-state index is 12.4.